The molecule has 0 aromatic heterocycles. The van der Waals surface area contributed by atoms with E-state index in [2.05, 4.69) is 0 Å². The van der Waals surface area contributed by atoms with Crippen LogP contribution in [0.1, 0.15) is 33.3 Å². The molecule has 0 saturated carbocycles. The van der Waals surface area contributed by atoms with E-state index >= 15 is 0 Å². The van der Waals surface area contributed by atoms with E-state index in [1.165, 1.54) is 6.07 Å². The summed E-state index contributed by atoms with van der Waals surface area (Å²) in [5.41, 5.74) is 0.131. The first-order valence-corrected chi connectivity index (χ1v) is 7.08. The third-order valence-corrected chi connectivity index (χ3v) is 4.16. The molecule has 0 aliphatic carbocycles. The molecule has 1 fully saturated rings. The Balaban J connectivity index is 2.32. The summed E-state index contributed by atoms with van der Waals surface area (Å²) in [4.78, 5) is 0. The fourth-order valence-corrected chi connectivity index (χ4v) is 2.20. The highest BCUT2D eigenvalue weighted by atomic mass is 19.4. The maximum absolute atomic E-state index is 12.4. The molecule has 0 atom stereocenters. The highest BCUT2D eigenvalue weighted by molar-refractivity contribution is 6.63. The van der Waals surface area contributed by atoms with Crippen LogP contribution in [0.2, 0.25) is 0 Å². The summed E-state index contributed by atoms with van der Waals surface area (Å²) < 4.78 is 54.0. The summed E-state index contributed by atoms with van der Waals surface area (Å²) in [5, 5.41) is 0. The molecule has 7 heteroatoms. The van der Waals surface area contributed by atoms with Crippen LogP contribution >= 0.6 is 0 Å². The van der Waals surface area contributed by atoms with E-state index in [9.17, 15) is 13.2 Å². The quantitative estimate of drug-likeness (QED) is 0.801. The van der Waals surface area contributed by atoms with Crippen molar-refractivity contribution in [3.63, 3.8) is 0 Å². The maximum atomic E-state index is 12.4. The average Bonchev–Trinajstić information content (AvgIpc) is 2.54. The number of hydrogen-bond donors (Lipinski definition) is 0. The highest BCUT2D eigenvalue weighted by Crippen LogP contribution is 2.37. The first kappa shape index (κ1) is 17.2. The van der Waals surface area contributed by atoms with Crippen LogP contribution in [-0.4, -0.2) is 31.1 Å². The fourth-order valence-electron chi connectivity index (χ4n) is 2.20. The predicted octanol–water partition coefficient (Wildman–Crippen LogP) is 3.24. The Bertz CT molecular complexity index is 539. The maximum Gasteiger partial charge on any atom is 0.498 e. The van der Waals surface area contributed by atoms with Gasteiger partial charge in [0.25, 0.3) is 0 Å². The van der Waals surface area contributed by atoms with Gasteiger partial charge < -0.3 is 14.0 Å². The Morgan fingerprint density at radius 2 is 1.64 bits per heavy atom. The number of benzene rings is 1. The fraction of sp³-hybridized carbons (Fsp3) is 0.600. The molecule has 3 nitrogen and oxygen atoms in total. The van der Waals surface area contributed by atoms with Crippen LogP contribution in [0.5, 0.6) is 5.75 Å². The molecule has 1 heterocycles. The third-order valence-electron chi connectivity index (χ3n) is 4.16. The van der Waals surface area contributed by atoms with E-state index in [0.717, 1.165) is 5.56 Å². The van der Waals surface area contributed by atoms with Crippen LogP contribution in [0.25, 0.3) is 0 Å². The van der Waals surface area contributed by atoms with Crippen LogP contribution in [-0.2, 0) is 9.31 Å². The first-order chi connectivity index (χ1) is 9.93. The van der Waals surface area contributed by atoms with Crippen molar-refractivity contribution in [2.24, 2.45) is 0 Å². The zero-order chi connectivity index (χ0) is 16.8. The van der Waals surface area contributed by atoms with Gasteiger partial charge in [-0.25, -0.2) is 0 Å². The second-order valence-corrected chi connectivity index (χ2v) is 6.48. The van der Waals surface area contributed by atoms with Crippen molar-refractivity contribution in [3.8, 4) is 5.75 Å². The summed E-state index contributed by atoms with van der Waals surface area (Å²) in [6, 6.07) is 4.94. The molecular weight excluding hydrogens is 296 g/mol. The van der Waals surface area contributed by atoms with Crippen molar-refractivity contribution in [3.05, 3.63) is 23.8 Å². The molecule has 122 valence electrons. The van der Waals surface area contributed by atoms with Gasteiger partial charge in [-0.05, 0) is 46.2 Å². The SMILES string of the molecule is Cc1cccc(OCC(F)(F)F)c1B1OC(C)(C)C(C)(C)O1. The van der Waals surface area contributed by atoms with Gasteiger partial charge in [-0.1, -0.05) is 12.1 Å². The molecule has 1 aromatic rings. The summed E-state index contributed by atoms with van der Waals surface area (Å²) in [6.45, 7) is 8.01. The number of halogens is 3. The summed E-state index contributed by atoms with van der Waals surface area (Å²) in [5.74, 6) is 0.135. The monoisotopic (exact) mass is 316 g/mol. The molecule has 2 rings (SSSR count). The van der Waals surface area contributed by atoms with E-state index in [1.807, 2.05) is 27.7 Å². The van der Waals surface area contributed by atoms with Crippen molar-refractivity contribution < 1.29 is 27.2 Å². The van der Waals surface area contributed by atoms with E-state index in [1.54, 1.807) is 19.1 Å². The van der Waals surface area contributed by atoms with Crippen molar-refractivity contribution in [2.75, 3.05) is 6.61 Å². The molecule has 0 bridgehead atoms. The number of hydrogen-bond acceptors (Lipinski definition) is 3. The van der Waals surface area contributed by atoms with Crippen LogP contribution < -0.4 is 10.2 Å². The van der Waals surface area contributed by atoms with Crippen LogP contribution in [0.15, 0.2) is 18.2 Å². The summed E-state index contributed by atoms with van der Waals surface area (Å²) in [6.07, 6.45) is -4.39. The molecule has 0 unspecified atom stereocenters. The third kappa shape index (κ3) is 3.41. The Labute approximate surface area is 128 Å². The molecule has 1 aliphatic rings. The molecule has 0 spiro atoms. The van der Waals surface area contributed by atoms with E-state index < -0.39 is 31.1 Å². The lowest BCUT2D eigenvalue weighted by atomic mass is 9.75. The first-order valence-electron chi connectivity index (χ1n) is 7.08. The normalized spacial score (nSPS) is 20.3. The van der Waals surface area contributed by atoms with Crippen molar-refractivity contribution in [1.82, 2.24) is 0 Å². The lowest BCUT2D eigenvalue weighted by Crippen LogP contribution is -2.41. The molecule has 1 saturated heterocycles. The average molecular weight is 316 g/mol. The minimum atomic E-state index is -4.39. The second kappa shape index (κ2) is 5.46. The molecule has 0 amide bonds. The van der Waals surface area contributed by atoms with E-state index in [4.69, 9.17) is 14.0 Å². The van der Waals surface area contributed by atoms with Gasteiger partial charge >= 0.3 is 13.3 Å². The Hall–Kier alpha value is -1.21. The van der Waals surface area contributed by atoms with Crippen LogP contribution in [0, 0.1) is 6.92 Å². The lowest BCUT2D eigenvalue weighted by Gasteiger charge is -2.32. The molecule has 0 N–H and O–H groups in total. The van der Waals surface area contributed by atoms with Gasteiger partial charge in [-0.15, -0.1) is 0 Å². The van der Waals surface area contributed by atoms with E-state index in [-0.39, 0.29) is 5.75 Å². The zero-order valence-corrected chi connectivity index (χ0v) is 13.4. The van der Waals surface area contributed by atoms with Crippen LogP contribution in [0.4, 0.5) is 13.2 Å². The summed E-state index contributed by atoms with van der Waals surface area (Å²) >= 11 is 0. The number of alkyl halides is 3. The largest absolute Gasteiger partial charge is 0.498 e. The lowest BCUT2D eigenvalue weighted by molar-refractivity contribution is -0.153. The molecular formula is C15H20BF3O3. The zero-order valence-electron chi connectivity index (χ0n) is 13.4. The van der Waals surface area contributed by atoms with Crippen molar-refractivity contribution in [1.29, 1.82) is 0 Å². The topological polar surface area (TPSA) is 27.7 Å². The minimum Gasteiger partial charge on any atom is -0.484 e. The predicted molar refractivity (Wildman–Crippen MR) is 78.4 cm³/mol. The molecule has 0 radical (unpaired) electrons. The Morgan fingerprint density at radius 1 is 1.09 bits per heavy atom. The Kier molecular flexibility index (Phi) is 4.26. The van der Waals surface area contributed by atoms with Gasteiger partial charge in [0.15, 0.2) is 6.61 Å². The number of ether oxygens (including phenoxy) is 1. The van der Waals surface area contributed by atoms with Gasteiger partial charge in [-0.2, -0.15) is 13.2 Å². The second-order valence-electron chi connectivity index (χ2n) is 6.48. The van der Waals surface area contributed by atoms with Gasteiger partial charge in [-0.3, -0.25) is 0 Å². The van der Waals surface area contributed by atoms with Crippen LogP contribution in [0.3, 0.4) is 0 Å². The summed E-state index contributed by atoms with van der Waals surface area (Å²) in [7, 11) is -0.755. The molecule has 1 aromatic carbocycles. The smallest absolute Gasteiger partial charge is 0.484 e. The van der Waals surface area contributed by atoms with Crippen molar-refractivity contribution in [2.45, 2.75) is 52.0 Å². The number of aryl methyl sites for hydroxylation is 1. The molecule has 22 heavy (non-hydrogen) atoms. The van der Waals surface area contributed by atoms with Gasteiger partial charge in [0, 0.05) is 5.46 Å². The highest BCUT2D eigenvalue weighted by Gasteiger charge is 2.53. The van der Waals surface area contributed by atoms with E-state index in [0.29, 0.717) is 5.46 Å². The Morgan fingerprint density at radius 3 is 2.14 bits per heavy atom. The van der Waals surface area contributed by atoms with Crippen molar-refractivity contribution >= 4 is 12.6 Å². The standard InChI is InChI=1S/C15H20BF3O3/c1-10-7-6-8-11(20-9-15(17,18)19)12(10)16-21-13(2,3)14(4,5)22-16/h6-8H,9H2,1-5H3. The van der Waals surface area contributed by atoms with Gasteiger partial charge in [0.1, 0.15) is 5.75 Å². The minimum absolute atomic E-state index is 0.135. The van der Waals surface area contributed by atoms with Gasteiger partial charge in [0.2, 0.25) is 0 Å². The number of rotatable bonds is 3. The van der Waals surface area contributed by atoms with Gasteiger partial charge in [0.05, 0.1) is 11.2 Å². The molecule has 1 aliphatic heterocycles.